The summed E-state index contributed by atoms with van der Waals surface area (Å²) >= 11 is 0. The molecule has 2 unspecified atom stereocenters. The van der Waals surface area contributed by atoms with Crippen LogP contribution in [0, 0.1) is 0 Å². The summed E-state index contributed by atoms with van der Waals surface area (Å²) in [4.78, 5) is 0. The molecule has 0 spiro atoms. The second kappa shape index (κ2) is 6.03. The van der Waals surface area contributed by atoms with Gasteiger partial charge in [0.1, 0.15) is 5.75 Å². The molecule has 1 aliphatic heterocycles. The van der Waals surface area contributed by atoms with E-state index in [4.69, 9.17) is 9.47 Å². The van der Waals surface area contributed by atoms with Crippen molar-refractivity contribution in [3.05, 3.63) is 29.8 Å². The van der Waals surface area contributed by atoms with E-state index in [0.29, 0.717) is 13.0 Å². The van der Waals surface area contributed by atoms with Gasteiger partial charge in [0.2, 0.25) is 0 Å². The van der Waals surface area contributed by atoms with E-state index in [1.807, 2.05) is 31.2 Å². The van der Waals surface area contributed by atoms with E-state index in [-0.39, 0.29) is 6.10 Å². The standard InChI is InChI=1S/C14H20O3/c1-2-16-12-7-5-11(6-8-12)14(15)10-13-4-3-9-17-13/h5-8,13-15H,2-4,9-10H2,1H3. The lowest BCUT2D eigenvalue weighted by molar-refractivity contribution is 0.0535. The smallest absolute Gasteiger partial charge is 0.119 e. The largest absolute Gasteiger partial charge is 0.494 e. The van der Waals surface area contributed by atoms with Gasteiger partial charge in [0.15, 0.2) is 0 Å². The van der Waals surface area contributed by atoms with Crippen LogP contribution in [-0.2, 0) is 4.74 Å². The summed E-state index contributed by atoms with van der Waals surface area (Å²) in [7, 11) is 0. The van der Waals surface area contributed by atoms with E-state index in [9.17, 15) is 5.11 Å². The fraction of sp³-hybridized carbons (Fsp3) is 0.571. The second-order valence-electron chi connectivity index (χ2n) is 4.39. The summed E-state index contributed by atoms with van der Waals surface area (Å²) in [6, 6.07) is 7.64. The zero-order chi connectivity index (χ0) is 12.1. The highest BCUT2D eigenvalue weighted by Gasteiger charge is 2.20. The zero-order valence-corrected chi connectivity index (χ0v) is 10.3. The van der Waals surface area contributed by atoms with Gasteiger partial charge in [0.05, 0.1) is 18.8 Å². The molecule has 1 saturated heterocycles. The Morgan fingerprint density at radius 3 is 2.76 bits per heavy atom. The molecule has 2 atom stereocenters. The molecule has 0 aliphatic carbocycles. The maximum atomic E-state index is 10.1. The lowest BCUT2D eigenvalue weighted by atomic mass is 10.0. The molecule has 0 saturated carbocycles. The molecule has 1 aliphatic rings. The third-order valence-electron chi connectivity index (χ3n) is 3.09. The maximum absolute atomic E-state index is 10.1. The van der Waals surface area contributed by atoms with Gasteiger partial charge in [-0.05, 0) is 37.5 Å². The van der Waals surface area contributed by atoms with Crippen molar-refractivity contribution in [3.8, 4) is 5.75 Å². The molecule has 94 valence electrons. The Morgan fingerprint density at radius 1 is 1.41 bits per heavy atom. The number of hydrogen-bond acceptors (Lipinski definition) is 3. The number of rotatable bonds is 5. The second-order valence-corrected chi connectivity index (χ2v) is 4.39. The third kappa shape index (κ3) is 3.45. The van der Waals surface area contributed by atoms with Crippen molar-refractivity contribution in [1.29, 1.82) is 0 Å². The first-order chi connectivity index (χ1) is 8.29. The molecule has 1 fully saturated rings. The van der Waals surface area contributed by atoms with Crippen LogP contribution in [0.15, 0.2) is 24.3 Å². The first kappa shape index (κ1) is 12.4. The van der Waals surface area contributed by atoms with Crippen LogP contribution in [-0.4, -0.2) is 24.4 Å². The molecule has 1 aromatic rings. The Kier molecular flexibility index (Phi) is 4.40. The van der Waals surface area contributed by atoms with Crippen LogP contribution in [0.2, 0.25) is 0 Å². The molecule has 1 heterocycles. The summed E-state index contributed by atoms with van der Waals surface area (Å²) < 4.78 is 10.9. The number of hydrogen-bond donors (Lipinski definition) is 1. The SMILES string of the molecule is CCOc1ccc(C(O)CC2CCCO2)cc1. The summed E-state index contributed by atoms with van der Waals surface area (Å²) in [5.74, 6) is 0.848. The Balaban J connectivity index is 1.91. The molecule has 0 bridgehead atoms. The van der Waals surface area contributed by atoms with Crippen LogP contribution in [0.4, 0.5) is 0 Å². The molecular formula is C14H20O3. The minimum absolute atomic E-state index is 0.219. The number of ether oxygens (including phenoxy) is 2. The van der Waals surface area contributed by atoms with Crippen molar-refractivity contribution in [2.75, 3.05) is 13.2 Å². The van der Waals surface area contributed by atoms with Gasteiger partial charge in [0.25, 0.3) is 0 Å². The first-order valence-corrected chi connectivity index (χ1v) is 6.32. The van der Waals surface area contributed by atoms with Crippen LogP contribution < -0.4 is 4.74 Å². The fourth-order valence-corrected chi connectivity index (χ4v) is 2.17. The van der Waals surface area contributed by atoms with Crippen molar-refractivity contribution in [2.45, 2.75) is 38.4 Å². The number of aliphatic hydroxyl groups excluding tert-OH is 1. The van der Waals surface area contributed by atoms with Gasteiger partial charge in [0, 0.05) is 13.0 Å². The van der Waals surface area contributed by atoms with E-state index in [1.165, 1.54) is 0 Å². The van der Waals surface area contributed by atoms with Crippen LogP contribution in [0.3, 0.4) is 0 Å². The van der Waals surface area contributed by atoms with Crippen molar-refractivity contribution in [1.82, 2.24) is 0 Å². The third-order valence-corrected chi connectivity index (χ3v) is 3.09. The molecule has 3 nitrogen and oxygen atoms in total. The molecule has 1 N–H and O–H groups in total. The number of aliphatic hydroxyl groups is 1. The summed E-state index contributed by atoms with van der Waals surface area (Å²) in [6.07, 6.45) is 2.65. The maximum Gasteiger partial charge on any atom is 0.119 e. The topological polar surface area (TPSA) is 38.7 Å². The van der Waals surface area contributed by atoms with Gasteiger partial charge in [-0.25, -0.2) is 0 Å². The highest BCUT2D eigenvalue weighted by atomic mass is 16.5. The van der Waals surface area contributed by atoms with Crippen LogP contribution in [0.5, 0.6) is 5.75 Å². The quantitative estimate of drug-likeness (QED) is 0.854. The minimum Gasteiger partial charge on any atom is -0.494 e. The number of benzene rings is 1. The lowest BCUT2D eigenvalue weighted by Gasteiger charge is -2.15. The molecule has 0 radical (unpaired) electrons. The Hall–Kier alpha value is -1.06. The van der Waals surface area contributed by atoms with E-state index in [1.54, 1.807) is 0 Å². The van der Waals surface area contributed by atoms with E-state index in [0.717, 1.165) is 30.8 Å². The molecule has 0 amide bonds. The van der Waals surface area contributed by atoms with E-state index >= 15 is 0 Å². The summed E-state index contributed by atoms with van der Waals surface area (Å²) in [5.41, 5.74) is 0.934. The molecule has 3 heteroatoms. The lowest BCUT2D eigenvalue weighted by Crippen LogP contribution is -2.11. The van der Waals surface area contributed by atoms with Gasteiger partial charge >= 0.3 is 0 Å². The van der Waals surface area contributed by atoms with Crippen LogP contribution in [0.25, 0.3) is 0 Å². The zero-order valence-electron chi connectivity index (χ0n) is 10.3. The molecule has 2 rings (SSSR count). The molecule has 1 aromatic carbocycles. The van der Waals surface area contributed by atoms with Gasteiger partial charge in [-0.15, -0.1) is 0 Å². The average Bonchev–Trinajstić information content (AvgIpc) is 2.83. The van der Waals surface area contributed by atoms with Crippen molar-refractivity contribution in [3.63, 3.8) is 0 Å². The van der Waals surface area contributed by atoms with Crippen LogP contribution in [0.1, 0.15) is 37.9 Å². The molecule has 0 aromatic heterocycles. The van der Waals surface area contributed by atoms with Crippen molar-refractivity contribution < 1.29 is 14.6 Å². The minimum atomic E-state index is -0.436. The average molecular weight is 236 g/mol. The fourth-order valence-electron chi connectivity index (χ4n) is 2.17. The predicted molar refractivity (Wildman–Crippen MR) is 66.2 cm³/mol. The molecule has 17 heavy (non-hydrogen) atoms. The predicted octanol–water partition coefficient (Wildman–Crippen LogP) is 2.69. The molecular weight excluding hydrogens is 216 g/mol. The van der Waals surface area contributed by atoms with Gasteiger partial charge in [-0.3, -0.25) is 0 Å². The van der Waals surface area contributed by atoms with Crippen molar-refractivity contribution in [2.24, 2.45) is 0 Å². The van der Waals surface area contributed by atoms with Gasteiger partial charge in [-0.1, -0.05) is 12.1 Å². The van der Waals surface area contributed by atoms with E-state index in [2.05, 4.69) is 0 Å². The van der Waals surface area contributed by atoms with E-state index < -0.39 is 6.10 Å². The van der Waals surface area contributed by atoms with Crippen LogP contribution >= 0.6 is 0 Å². The first-order valence-electron chi connectivity index (χ1n) is 6.32. The summed E-state index contributed by atoms with van der Waals surface area (Å²) in [5, 5.41) is 10.1. The Labute approximate surface area is 102 Å². The van der Waals surface area contributed by atoms with Crippen molar-refractivity contribution >= 4 is 0 Å². The Bertz CT molecular complexity index is 328. The van der Waals surface area contributed by atoms with Gasteiger partial charge < -0.3 is 14.6 Å². The highest BCUT2D eigenvalue weighted by molar-refractivity contribution is 5.28. The summed E-state index contributed by atoms with van der Waals surface area (Å²) in [6.45, 7) is 3.46. The Morgan fingerprint density at radius 2 is 2.18 bits per heavy atom. The van der Waals surface area contributed by atoms with Gasteiger partial charge in [-0.2, -0.15) is 0 Å². The normalized spacial score (nSPS) is 21.4. The highest BCUT2D eigenvalue weighted by Crippen LogP contribution is 2.26. The monoisotopic (exact) mass is 236 g/mol.